The normalized spacial score (nSPS) is 16.8. The second-order valence-corrected chi connectivity index (χ2v) is 9.42. The number of amidine groups is 1. The largest absolute Gasteiger partial charge is 0.480 e. The quantitative estimate of drug-likeness (QED) is 0.247. The van der Waals surface area contributed by atoms with Crippen LogP contribution in [-0.2, 0) is 14.4 Å². The van der Waals surface area contributed by atoms with Gasteiger partial charge in [-0.3, -0.25) is 29.0 Å². The average molecular weight is 536 g/mol. The molecule has 3 atom stereocenters. The number of carbonyl (C=O) groups excluding carboxylic acids is 4. The van der Waals surface area contributed by atoms with Gasteiger partial charge < -0.3 is 21.5 Å². The van der Waals surface area contributed by atoms with E-state index in [-0.39, 0.29) is 28.8 Å². The average Bonchev–Trinajstić information content (AvgIpc) is 3.45. The highest BCUT2D eigenvalue weighted by Gasteiger charge is 2.43. The number of hydrogen-bond acceptors (Lipinski definition) is 7. The number of aliphatic imine (C=N–C) groups is 1. The summed E-state index contributed by atoms with van der Waals surface area (Å²) >= 11 is 0. The Morgan fingerprint density at radius 3 is 2.13 bits per heavy atom. The highest BCUT2D eigenvalue weighted by Crippen LogP contribution is 2.24. The molecule has 4 amide bonds. The van der Waals surface area contributed by atoms with Gasteiger partial charge in [-0.2, -0.15) is 0 Å². The van der Waals surface area contributed by atoms with Crippen LogP contribution in [0.3, 0.4) is 0 Å². The number of hydrogen-bond donors (Lipinski definition) is 3. The fourth-order valence-corrected chi connectivity index (χ4v) is 4.28. The Morgan fingerprint density at radius 1 is 1.00 bits per heavy atom. The lowest BCUT2D eigenvalue weighted by molar-refractivity contribution is -0.142. The fraction of sp³-hybridized carbons (Fsp3) is 0.357. The SMILES string of the molecule is CC[C@H](C)[C@H](N)C(=O)N1CCC[C@H]1C(=O)N(C(=O)c1ccccc1)C(=O)c1ccc(C(N)=NCC(=O)O)cc1. The molecule has 5 N–H and O–H groups in total. The lowest BCUT2D eigenvalue weighted by Crippen LogP contribution is -2.55. The summed E-state index contributed by atoms with van der Waals surface area (Å²) in [6.45, 7) is 3.55. The molecule has 1 fully saturated rings. The van der Waals surface area contributed by atoms with E-state index in [0.717, 1.165) is 0 Å². The molecule has 0 unspecified atom stereocenters. The van der Waals surface area contributed by atoms with Crippen LogP contribution in [0.1, 0.15) is 59.4 Å². The van der Waals surface area contributed by atoms with Crippen molar-refractivity contribution in [3.05, 3.63) is 71.3 Å². The molecule has 3 rings (SSSR count). The Kier molecular flexibility index (Phi) is 9.67. The number of aliphatic carboxylic acids is 1. The monoisotopic (exact) mass is 535 g/mol. The molecule has 1 saturated heterocycles. The van der Waals surface area contributed by atoms with Crippen molar-refractivity contribution in [3.8, 4) is 0 Å². The topological polar surface area (TPSA) is 176 Å². The van der Waals surface area contributed by atoms with E-state index < -0.39 is 42.3 Å². The van der Waals surface area contributed by atoms with Gasteiger partial charge in [-0.15, -0.1) is 0 Å². The third-order valence-electron chi connectivity index (χ3n) is 6.82. The number of rotatable bonds is 9. The number of carboxylic acids is 1. The summed E-state index contributed by atoms with van der Waals surface area (Å²) in [5, 5.41) is 8.79. The number of benzene rings is 2. The molecule has 0 aromatic heterocycles. The van der Waals surface area contributed by atoms with Gasteiger partial charge in [0.05, 0.1) is 6.04 Å². The summed E-state index contributed by atoms with van der Waals surface area (Å²) in [5.41, 5.74) is 12.5. The van der Waals surface area contributed by atoms with Crippen molar-refractivity contribution in [1.82, 2.24) is 9.80 Å². The molecule has 1 aliphatic heterocycles. The summed E-state index contributed by atoms with van der Waals surface area (Å²) in [7, 11) is 0. The van der Waals surface area contributed by atoms with Crippen molar-refractivity contribution in [3.63, 3.8) is 0 Å². The number of carbonyl (C=O) groups is 5. The molecule has 0 bridgehead atoms. The van der Waals surface area contributed by atoms with Crippen molar-refractivity contribution >= 4 is 35.4 Å². The van der Waals surface area contributed by atoms with Gasteiger partial charge in [0, 0.05) is 23.2 Å². The van der Waals surface area contributed by atoms with E-state index in [4.69, 9.17) is 16.6 Å². The molecule has 11 heteroatoms. The number of nitrogens with two attached hydrogens (primary N) is 2. The van der Waals surface area contributed by atoms with Crippen molar-refractivity contribution < 1.29 is 29.1 Å². The summed E-state index contributed by atoms with van der Waals surface area (Å²) in [6.07, 6.45) is 1.50. The molecule has 11 nitrogen and oxygen atoms in total. The smallest absolute Gasteiger partial charge is 0.325 e. The molecular formula is C28H33N5O6. The third kappa shape index (κ3) is 6.74. The molecule has 2 aromatic rings. The van der Waals surface area contributed by atoms with Gasteiger partial charge in [-0.25, -0.2) is 4.90 Å². The lowest BCUT2D eigenvalue weighted by atomic mass is 9.98. The Bertz CT molecular complexity index is 1260. The van der Waals surface area contributed by atoms with Crippen LogP contribution >= 0.6 is 0 Å². The first-order valence-corrected chi connectivity index (χ1v) is 12.7. The highest BCUT2D eigenvalue weighted by atomic mass is 16.4. The maximum atomic E-state index is 13.8. The number of carboxylic acid groups (broad SMARTS) is 1. The van der Waals surface area contributed by atoms with Crippen LogP contribution in [0.25, 0.3) is 0 Å². The number of likely N-dealkylation sites (tertiary alicyclic amines) is 1. The van der Waals surface area contributed by atoms with Gasteiger partial charge in [-0.05, 0) is 43.0 Å². The first-order valence-electron chi connectivity index (χ1n) is 12.7. The lowest BCUT2D eigenvalue weighted by Gasteiger charge is -2.31. The zero-order chi connectivity index (χ0) is 28.7. The maximum Gasteiger partial charge on any atom is 0.325 e. The Morgan fingerprint density at radius 2 is 1.56 bits per heavy atom. The fourth-order valence-electron chi connectivity index (χ4n) is 4.28. The second-order valence-electron chi connectivity index (χ2n) is 9.42. The predicted octanol–water partition coefficient (Wildman–Crippen LogP) is 1.65. The van der Waals surface area contributed by atoms with E-state index >= 15 is 0 Å². The molecule has 39 heavy (non-hydrogen) atoms. The zero-order valence-corrected chi connectivity index (χ0v) is 21.9. The van der Waals surface area contributed by atoms with E-state index in [0.29, 0.717) is 36.3 Å². The third-order valence-corrected chi connectivity index (χ3v) is 6.82. The molecule has 0 radical (unpaired) electrons. The van der Waals surface area contributed by atoms with Gasteiger partial charge >= 0.3 is 5.97 Å². The van der Waals surface area contributed by atoms with E-state index in [1.807, 2.05) is 13.8 Å². The van der Waals surface area contributed by atoms with Gasteiger partial charge in [0.1, 0.15) is 18.4 Å². The molecule has 2 aromatic carbocycles. The van der Waals surface area contributed by atoms with Gasteiger partial charge in [0.25, 0.3) is 17.7 Å². The molecule has 206 valence electrons. The first kappa shape index (κ1) is 29.2. The van der Waals surface area contributed by atoms with Crippen LogP contribution in [0.5, 0.6) is 0 Å². The van der Waals surface area contributed by atoms with Crippen LogP contribution in [0.2, 0.25) is 0 Å². The van der Waals surface area contributed by atoms with E-state index in [2.05, 4.69) is 4.99 Å². The summed E-state index contributed by atoms with van der Waals surface area (Å²) < 4.78 is 0. The first-order chi connectivity index (χ1) is 18.6. The maximum absolute atomic E-state index is 13.8. The Hall–Kier alpha value is -4.38. The van der Waals surface area contributed by atoms with Crippen LogP contribution < -0.4 is 11.5 Å². The van der Waals surface area contributed by atoms with Crippen molar-refractivity contribution in [2.45, 2.75) is 45.2 Å². The van der Waals surface area contributed by atoms with Crippen LogP contribution in [0.4, 0.5) is 0 Å². The van der Waals surface area contributed by atoms with Crippen molar-refractivity contribution in [2.24, 2.45) is 22.4 Å². The Labute approximate surface area is 226 Å². The molecule has 0 spiro atoms. The molecule has 0 saturated carbocycles. The van der Waals surface area contributed by atoms with Crippen molar-refractivity contribution in [2.75, 3.05) is 13.1 Å². The van der Waals surface area contributed by atoms with Crippen molar-refractivity contribution in [1.29, 1.82) is 0 Å². The zero-order valence-electron chi connectivity index (χ0n) is 21.9. The second kappa shape index (κ2) is 12.9. The number of amides is 4. The number of nitrogens with zero attached hydrogens (tertiary/aromatic N) is 3. The highest BCUT2D eigenvalue weighted by molar-refractivity contribution is 6.21. The van der Waals surface area contributed by atoms with Crippen LogP contribution in [0.15, 0.2) is 59.6 Å². The minimum Gasteiger partial charge on any atom is -0.480 e. The van der Waals surface area contributed by atoms with E-state index in [1.165, 1.54) is 41.3 Å². The summed E-state index contributed by atoms with van der Waals surface area (Å²) in [5.74, 6) is -4.18. The minimum absolute atomic E-state index is 0.0228. The standard InChI is InChI=1S/C28H33N5O6/c1-3-17(2)23(29)28(39)32-15-7-10-21(32)27(38)33(25(36)19-8-5-4-6-9-19)26(37)20-13-11-18(12-14-20)24(30)31-16-22(34)35/h4-6,8-9,11-14,17,21,23H,3,7,10,15-16,29H2,1-2H3,(H2,30,31)(H,34,35)/t17-,21-,23-/m0/s1. The predicted molar refractivity (Wildman–Crippen MR) is 144 cm³/mol. The van der Waals surface area contributed by atoms with Gasteiger partial charge in [-0.1, -0.05) is 50.6 Å². The molecule has 1 aliphatic rings. The Balaban J connectivity index is 1.95. The van der Waals surface area contributed by atoms with Crippen LogP contribution in [-0.4, -0.2) is 75.5 Å². The van der Waals surface area contributed by atoms with E-state index in [1.54, 1.807) is 18.2 Å². The van der Waals surface area contributed by atoms with Gasteiger partial charge in [0.2, 0.25) is 5.91 Å². The van der Waals surface area contributed by atoms with Crippen LogP contribution in [0, 0.1) is 5.92 Å². The minimum atomic E-state index is -1.15. The molecule has 0 aliphatic carbocycles. The molecule has 1 heterocycles. The number of imide groups is 3. The summed E-state index contributed by atoms with van der Waals surface area (Å²) in [6, 6.07) is 11.7. The summed E-state index contributed by atoms with van der Waals surface area (Å²) in [4.78, 5) is 70.6. The van der Waals surface area contributed by atoms with E-state index in [9.17, 15) is 24.0 Å². The van der Waals surface area contributed by atoms with Gasteiger partial charge in [0.15, 0.2) is 0 Å². The molecular weight excluding hydrogens is 502 g/mol.